The van der Waals surface area contributed by atoms with Gasteiger partial charge < -0.3 is 10.3 Å². The van der Waals surface area contributed by atoms with Crippen molar-refractivity contribution in [1.82, 2.24) is 20.3 Å². The Bertz CT molecular complexity index is 770. The number of thioether (sulfide) groups is 1. The van der Waals surface area contributed by atoms with Crippen LogP contribution >= 0.6 is 11.8 Å². The van der Waals surface area contributed by atoms with Crippen molar-refractivity contribution in [2.45, 2.75) is 31.0 Å². The third-order valence-corrected chi connectivity index (χ3v) is 4.57. The number of imidazole rings is 1. The molecule has 1 aromatic carbocycles. The number of fused-ring (bicyclic) bond motifs is 1. The molecule has 0 saturated heterocycles. The van der Waals surface area contributed by atoms with Gasteiger partial charge in [0.15, 0.2) is 10.8 Å². The summed E-state index contributed by atoms with van der Waals surface area (Å²) in [6.45, 7) is 2.04. The standard InChI is InChI=1S/C18H20N4OS/c1-13(9-10-14-6-3-2-4-7-14)20-16(23)12-24-18-21-15-8-5-11-19-17(15)22-18/h2-8,11,13H,9-10,12H2,1H3,(H,20,23)(H,19,21,22)/t13-/m1/s1. The molecular weight excluding hydrogens is 320 g/mol. The molecule has 0 aliphatic rings. The minimum Gasteiger partial charge on any atom is -0.353 e. The number of carbonyl (C=O) groups excluding carboxylic acids is 1. The molecule has 3 rings (SSSR count). The first-order chi connectivity index (χ1) is 11.7. The summed E-state index contributed by atoms with van der Waals surface area (Å²) in [5.74, 6) is 0.365. The number of aryl methyl sites for hydroxylation is 1. The van der Waals surface area contributed by atoms with Crippen LogP contribution in [0.1, 0.15) is 18.9 Å². The van der Waals surface area contributed by atoms with Crippen LogP contribution < -0.4 is 5.32 Å². The zero-order valence-corrected chi connectivity index (χ0v) is 14.3. The average Bonchev–Trinajstić information content (AvgIpc) is 3.02. The highest BCUT2D eigenvalue weighted by Gasteiger charge is 2.10. The number of carbonyl (C=O) groups is 1. The molecule has 1 atom stereocenters. The fraction of sp³-hybridized carbons (Fsp3) is 0.278. The first-order valence-electron chi connectivity index (χ1n) is 7.97. The molecule has 0 unspecified atom stereocenters. The van der Waals surface area contributed by atoms with Crippen molar-refractivity contribution in [3.63, 3.8) is 0 Å². The SMILES string of the molecule is C[C@H](CCc1ccccc1)NC(=O)CSc1nc2ncccc2[nH]1. The maximum atomic E-state index is 12.1. The molecule has 0 radical (unpaired) electrons. The molecule has 0 bridgehead atoms. The van der Waals surface area contributed by atoms with E-state index in [0.717, 1.165) is 23.5 Å². The van der Waals surface area contributed by atoms with Crippen molar-refractivity contribution < 1.29 is 4.79 Å². The van der Waals surface area contributed by atoms with Crippen LogP contribution in [0.4, 0.5) is 0 Å². The molecule has 2 heterocycles. The van der Waals surface area contributed by atoms with Crippen LogP contribution in [-0.2, 0) is 11.2 Å². The van der Waals surface area contributed by atoms with Gasteiger partial charge in [-0.05, 0) is 37.5 Å². The molecule has 0 saturated carbocycles. The van der Waals surface area contributed by atoms with E-state index in [1.54, 1.807) is 6.20 Å². The maximum Gasteiger partial charge on any atom is 0.230 e. The van der Waals surface area contributed by atoms with E-state index in [2.05, 4.69) is 32.4 Å². The molecule has 6 heteroatoms. The second kappa shape index (κ2) is 7.97. The third kappa shape index (κ3) is 4.58. The highest BCUT2D eigenvalue weighted by Crippen LogP contribution is 2.17. The number of pyridine rings is 1. The monoisotopic (exact) mass is 340 g/mol. The largest absolute Gasteiger partial charge is 0.353 e. The number of amides is 1. The molecule has 124 valence electrons. The molecule has 0 fully saturated rings. The maximum absolute atomic E-state index is 12.1. The summed E-state index contributed by atoms with van der Waals surface area (Å²) in [6, 6.07) is 14.2. The lowest BCUT2D eigenvalue weighted by Crippen LogP contribution is -2.34. The number of hydrogen-bond acceptors (Lipinski definition) is 4. The van der Waals surface area contributed by atoms with E-state index in [4.69, 9.17) is 0 Å². The summed E-state index contributed by atoms with van der Waals surface area (Å²) < 4.78 is 0. The summed E-state index contributed by atoms with van der Waals surface area (Å²) in [4.78, 5) is 23.8. The molecule has 24 heavy (non-hydrogen) atoms. The van der Waals surface area contributed by atoms with E-state index in [0.29, 0.717) is 11.4 Å². The van der Waals surface area contributed by atoms with Gasteiger partial charge in [0.2, 0.25) is 5.91 Å². The van der Waals surface area contributed by atoms with Gasteiger partial charge in [0.05, 0.1) is 11.3 Å². The van der Waals surface area contributed by atoms with Gasteiger partial charge in [-0.1, -0.05) is 42.1 Å². The van der Waals surface area contributed by atoms with Gasteiger partial charge in [-0.3, -0.25) is 4.79 Å². The highest BCUT2D eigenvalue weighted by molar-refractivity contribution is 7.99. The van der Waals surface area contributed by atoms with E-state index < -0.39 is 0 Å². The van der Waals surface area contributed by atoms with E-state index in [-0.39, 0.29) is 11.9 Å². The van der Waals surface area contributed by atoms with E-state index in [1.165, 1.54) is 17.3 Å². The highest BCUT2D eigenvalue weighted by atomic mass is 32.2. The van der Waals surface area contributed by atoms with Gasteiger partial charge in [-0.25, -0.2) is 9.97 Å². The van der Waals surface area contributed by atoms with Crippen LogP contribution in [-0.4, -0.2) is 32.7 Å². The number of aromatic amines is 1. The number of nitrogens with zero attached hydrogens (tertiary/aromatic N) is 2. The Kier molecular flexibility index (Phi) is 5.48. The fourth-order valence-corrected chi connectivity index (χ4v) is 3.13. The Morgan fingerprint density at radius 1 is 1.25 bits per heavy atom. The van der Waals surface area contributed by atoms with Crippen LogP contribution in [0.2, 0.25) is 0 Å². The van der Waals surface area contributed by atoms with Crippen molar-refractivity contribution in [3.8, 4) is 0 Å². The molecule has 2 N–H and O–H groups in total. The van der Waals surface area contributed by atoms with Gasteiger partial charge in [0.1, 0.15) is 0 Å². The number of aromatic nitrogens is 3. The minimum atomic E-state index is 0.0222. The van der Waals surface area contributed by atoms with Gasteiger partial charge in [0.25, 0.3) is 0 Å². The lowest BCUT2D eigenvalue weighted by Gasteiger charge is -2.13. The number of H-pyrrole nitrogens is 1. The summed E-state index contributed by atoms with van der Waals surface area (Å²) in [7, 11) is 0. The van der Waals surface area contributed by atoms with E-state index in [1.807, 2.05) is 37.3 Å². The first-order valence-corrected chi connectivity index (χ1v) is 8.96. The molecule has 2 aromatic heterocycles. The lowest BCUT2D eigenvalue weighted by molar-refractivity contribution is -0.119. The predicted molar refractivity (Wildman–Crippen MR) is 97.0 cm³/mol. The van der Waals surface area contributed by atoms with Gasteiger partial charge in [0, 0.05) is 12.2 Å². The van der Waals surface area contributed by atoms with E-state index >= 15 is 0 Å². The normalized spacial score (nSPS) is 12.2. The van der Waals surface area contributed by atoms with Crippen molar-refractivity contribution in [2.75, 3.05) is 5.75 Å². The number of rotatable bonds is 7. The first kappa shape index (κ1) is 16.5. The molecule has 5 nitrogen and oxygen atoms in total. The molecule has 1 amide bonds. The molecule has 0 aliphatic heterocycles. The lowest BCUT2D eigenvalue weighted by atomic mass is 10.1. The van der Waals surface area contributed by atoms with Crippen LogP contribution in [0.5, 0.6) is 0 Å². The second-order valence-electron chi connectivity index (χ2n) is 5.70. The Morgan fingerprint density at radius 2 is 2.08 bits per heavy atom. The molecule has 3 aromatic rings. The zero-order valence-electron chi connectivity index (χ0n) is 13.5. The minimum absolute atomic E-state index is 0.0222. The predicted octanol–water partition coefficient (Wildman–Crippen LogP) is 3.19. The Labute approximate surface area is 145 Å². The summed E-state index contributed by atoms with van der Waals surface area (Å²) >= 11 is 1.39. The van der Waals surface area contributed by atoms with Crippen LogP contribution in [0.25, 0.3) is 11.2 Å². The molecule has 0 spiro atoms. The summed E-state index contributed by atoms with van der Waals surface area (Å²) in [5.41, 5.74) is 2.86. The third-order valence-electron chi connectivity index (χ3n) is 3.69. The molecular formula is C18H20N4OS. The second-order valence-corrected chi connectivity index (χ2v) is 6.66. The fourth-order valence-electron chi connectivity index (χ4n) is 2.44. The van der Waals surface area contributed by atoms with Crippen molar-refractivity contribution >= 4 is 28.8 Å². The topological polar surface area (TPSA) is 70.7 Å². The van der Waals surface area contributed by atoms with Crippen molar-refractivity contribution in [3.05, 3.63) is 54.2 Å². The van der Waals surface area contributed by atoms with Crippen LogP contribution in [0.15, 0.2) is 53.8 Å². The van der Waals surface area contributed by atoms with E-state index in [9.17, 15) is 4.79 Å². The quantitative estimate of drug-likeness (QED) is 0.648. The van der Waals surface area contributed by atoms with Crippen molar-refractivity contribution in [1.29, 1.82) is 0 Å². The Balaban J connectivity index is 1.43. The van der Waals surface area contributed by atoms with Crippen LogP contribution in [0.3, 0.4) is 0 Å². The number of nitrogens with one attached hydrogen (secondary N) is 2. The summed E-state index contributed by atoms with van der Waals surface area (Å²) in [6.07, 6.45) is 3.60. The van der Waals surface area contributed by atoms with Gasteiger partial charge >= 0.3 is 0 Å². The van der Waals surface area contributed by atoms with Crippen molar-refractivity contribution in [2.24, 2.45) is 0 Å². The smallest absolute Gasteiger partial charge is 0.230 e. The van der Waals surface area contributed by atoms with Crippen LogP contribution in [0, 0.1) is 0 Å². The zero-order chi connectivity index (χ0) is 16.8. The Morgan fingerprint density at radius 3 is 2.88 bits per heavy atom. The molecule has 0 aliphatic carbocycles. The van der Waals surface area contributed by atoms with Gasteiger partial charge in [-0.15, -0.1) is 0 Å². The number of benzene rings is 1. The Hall–Kier alpha value is -2.34. The number of hydrogen-bond donors (Lipinski definition) is 2. The average molecular weight is 340 g/mol. The van der Waals surface area contributed by atoms with Gasteiger partial charge in [-0.2, -0.15) is 0 Å². The summed E-state index contributed by atoms with van der Waals surface area (Å²) in [5, 5.41) is 3.76.